The third-order valence-electron chi connectivity index (χ3n) is 5.89. The summed E-state index contributed by atoms with van der Waals surface area (Å²) in [5.74, 6) is -0.136. The van der Waals surface area contributed by atoms with Crippen LogP contribution in [0, 0.1) is 0 Å². The second-order valence-electron chi connectivity index (χ2n) is 8.36. The zero-order valence-corrected chi connectivity index (χ0v) is 19.2. The lowest BCUT2D eigenvalue weighted by Crippen LogP contribution is -2.32. The van der Waals surface area contributed by atoms with Gasteiger partial charge in [-0.15, -0.1) is 0 Å². The second-order valence-corrected chi connectivity index (χ2v) is 8.36. The Bertz CT molecular complexity index is 1090. The molecule has 2 aliphatic rings. The maximum absolute atomic E-state index is 13.1. The number of ether oxygens (including phenoxy) is 3. The molecule has 0 aliphatic carbocycles. The molecule has 1 saturated heterocycles. The number of amides is 1. The van der Waals surface area contributed by atoms with Crippen molar-refractivity contribution in [2.45, 2.75) is 38.8 Å². The van der Waals surface area contributed by atoms with E-state index in [0.29, 0.717) is 23.5 Å². The van der Waals surface area contributed by atoms with E-state index in [9.17, 15) is 14.7 Å². The molecule has 1 fully saturated rings. The van der Waals surface area contributed by atoms with E-state index in [0.717, 1.165) is 24.2 Å². The Morgan fingerprint density at radius 3 is 2.76 bits per heavy atom. The number of aliphatic hydroxyl groups excluding tert-OH is 1. The van der Waals surface area contributed by atoms with Gasteiger partial charge in [-0.25, -0.2) is 0 Å². The molecular formula is C26H29NO6. The van der Waals surface area contributed by atoms with E-state index in [1.165, 1.54) is 4.90 Å². The first-order valence-corrected chi connectivity index (χ1v) is 11.2. The molecule has 2 aliphatic heterocycles. The Morgan fingerprint density at radius 1 is 1.18 bits per heavy atom. The summed E-state index contributed by atoms with van der Waals surface area (Å²) in [4.78, 5) is 27.5. The molecule has 2 aromatic rings. The molecule has 1 N–H and O–H groups in total. The largest absolute Gasteiger partial charge is 0.507 e. The van der Waals surface area contributed by atoms with Crippen molar-refractivity contribution in [2.24, 2.45) is 0 Å². The van der Waals surface area contributed by atoms with Gasteiger partial charge in [-0.3, -0.25) is 9.59 Å². The molecule has 174 valence electrons. The van der Waals surface area contributed by atoms with Crippen LogP contribution in [-0.2, 0) is 20.7 Å². The number of fused-ring (bicyclic) bond motifs is 1. The lowest BCUT2D eigenvalue weighted by molar-refractivity contribution is -0.140. The fourth-order valence-electron chi connectivity index (χ4n) is 4.37. The van der Waals surface area contributed by atoms with Crippen LogP contribution < -0.4 is 9.47 Å². The molecule has 2 aromatic carbocycles. The highest BCUT2D eigenvalue weighted by molar-refractivity contribution is 6.46. The summed E-state index contributed by atoms with van der Waals surface area (Å²) in [5, 5.41) is 11.3. The average Bonchev–Trinajstić information content (AvgIpc) is 3.31. The maximum Gasteiger partial charge on any atom is 0.295 e. The predicted molar refractivity (Wildman–Crippen MR) is 123 cm³/mol. The van der Waals surface area contributed by atoms with Crippen LogP contribution in [0.15, 0.2) is 48.0 Å². The van der Waals surface area contributed by atoms with Crippen LogP contribution >= 0.6 is 0 Å². The molecule has 7 nitrogen and oxygen atoms in total. The third-order valence-corrected chi connectivity index (χ3v) is 5.89. The van der Waals surface area contributed by atoms with Gasteiger partial charge in [0, 0.05) is 25.6 Å². The summed E-state index contributed by atoms with van der Waals surface area (Å²) in [6, 6.07) is 11.9. The fourth-order valence-corrected chi connectivity index (χ4v) is 4.37. The van der Waals surface area contributed by atoms with E-state index in [-0.39, 0.29) is 30.6 Å². The fraction of sp³-hybridized carbons (Fsp3) is 0.385. The van der Waals surface area contributed by atoms with Gasteiger partial charge in [0.2, 0.25) is 0 Å². The highest BCUT2D eigenvalue weighted by Crippen LogP contribution is 2.41. The van der Waals surface area contributed by atoms with E-state index in [2.05, 4.69) is 0 Å². The molecule has 0 bridgehead atoms. The van der Waals surface area contributed by atoms with Gasteiger partial charge < -0.3 is 24.2 Å². The normalized spacial score (nSPS) is 21.2. The topological polar surface area (TPSA) is 85.3 Å². The summed E-state index contributed by atoms with van der Waals surface area (Å²) in [7, 11) is 1.54. The smallest absolute Gasteiger partial charge is 0.295 e. The zero-order chi connectivity index (χ0) is 23.5. The van der Waals surface area contributed by atoms with Crippen molar-refractivity contribution in [2.75, 3.05) is 26.9 Å². The number of methoxy groups -OCH3 is 1. The first-order chi connectivity index (χ1) is 15.9. The lowest BCUT2D eigenvalue weighted by atomic mass is 9.94. The maximum atomic E-state index is 13.1. The van der Waals surface area contributed by atoms with E-state index in [1.54, 1.807) is 19.2 Å². The highest BCUT2D eigenvalue weighted by atomic mass is 16.5. The Kier molecular flexibility index (Phi) is 6.70. The van der Waals surface area contributed by atoms with Gasteiger partial charge in [0.25, 0.3) is 11.7 Å². The van der Waals surface area contributed by atoms with Gasteiger partial charge in [0.1, 0.15) is 23.4 Å². The number of carbonyl (C=O) groups is 2. The summed E-state index contributed by atoms with van der Waals surface area (Å²) in [5.41, 5.74) is 2.21. The number of hydrogen-bond acceptors (Lipinski definition) is 6. The summed E-state index contributed by atoms with van der Waals surface area (Å²) in [6.45, 7) is 5.05. The summed E-state index contributed by atoms with van der Waals surface area (Å²) < 4.78 is 16.7. The van der Waals surface area contributed by atoms with Gasteiger partial charge in [-0.2, -0.15) is 0 Å². The van der Waals surface area contributed by atoms with E-state index < -0.39 is 17.7 Å². The van der Waals surface area contributed by atoms with E-state index >= 15 is 0 Å². The number of benzene rings is 2. The number of likely N-dealkylation sites (tertiary alicyclic amines) is 1. The van der Waals surface area contributed by atoms with Gasteiger partial charge >= 0.3 is 0 Å². The minimum Gasteiger partial charge on any atom is -0.507 e. The molecule has 7 heteroatoms. The molecule has 2 unspecified atom stereocenters. The number of nitrogens with zero attached hydrogens (tertiary/aromatic N) is 1. The Hall–Kier alpha value is -3.32. The van der Waals surface area contributed by atoms with Gasteiger partial charge in [-0.05, 0) is 54.8 Å². The Balaban J connectivity index is 1.80. The molecule has 0 saturated carbocycles. The third kappa shape index (κ3) is 4.46. The van der Waals surface area contributed by atoms with Crippen LogP contribution in [0.5, 0.6) is 11.5 Å². The van der Waals surface area contributed by atoms with Crippen molar-refractivity contribution < 1.29 is 28.9 Å². The lowest BCUT2D eigenvalue weighted by Gasteiger charge is -2.25. The molecule has 0 aromatic heterocycles. The number of aliphatic hydroxyl groups is 1. The molecule has 33 heavy (non-hydrogen) atoms. The Morgan fingerprint density at radius 2 is 2.00 bits per heavy atom. The van der Waals surface area contributed by atoms with Crippen LogP contribution in [0.25, 0.3) is 5.76 Å². The first kappa shape index (κ1) is 22.9. The van der Waals surface area contributed by atoms with Gasteiger partial charge in [-0.1, -0.05) is 19.1 Å². The minimum atomic E-state index is -0.742. The number of Topliss-reactive ketones (excluding diaryl/α,β-unsaturated/α-hetero) is 1. The SMILES string of the molecule is CCCOc1cccc(C2/C(=C(\O)c3ccc4c(c3)CC(C)O4)C(=O)C(=O)N2CCOC)c1. The van der Waals surface area contributed by atoms with E-state index in [1.807, 2.05) is 44.2 Å². The van der Waals surface area contributed by atoms with Crippen molar-refractivity contribution in [3.63, 3.8) is 0 Å². The molecule has 0 radical (unpaired) electrons. The van der Waals surface area contributed by atoms with Gasteiger partial charge in [0.15, 0.2) is 0 Å². The predicted octanol–water partition coefficient (Wildman–Crippen LogP) is 3.87. The summed E-state index contributed by atoms with van der Waals surface area (Å²) in [6.07, 6.45) is 1.64. The molecule has 4 rings (SSSR count). The van der Waals surface area contributed by atoms with Gasteiger partial charge in [0.05, 0.1) is 24.8 Å². The molecule has 1 amide bonds. The quantitative estimate of drug-likeness (QED) is 0.373. The van der Waals surface area contributed by atoms with Crippen molar-refractivity contribution in [3.05, 3.63) is 64.7 Å². The molecule has 0 spiro atoms. The minimum absolute atomic E-state index is 0.0582. The first-order valence-electron chi connectivity index (χ1n) is 11.2. The highest BCUT2D eigenvalue weighted by Gasteiger charge is 2.46. The van der Waals surface area contributed by atoms with Crippen molar-refractivity contribution in [1.82, 2.24) is 4.90 Å². The number of carbonyl (C=O) groups excluding carboxylic acids is 2. The number of rotatable bonds is 8. The summed E-state index contributed by atoms with van der Waals surface area (Å²) >= 11 is 0. The van der Waals surface area contributed by atoms with Crippen LogP contribution in [0.2, 0.25) is 0 Å². The zero-order valence-electron chi connectivity index (χ0n) is 19.2. The second kappa shape index (κ2) is 9.67. The van der Waals surface area contributed by atoms with E-state index in [4.69, 9.17) is 14.2 Å². The monoisotopic (exact) mass is 451 g/mol. The van der Waals surface area contributed by atoms with Crippen LogP contribution in [-0.4, -0.2) is 54.7 Å². The standard InChI is InChI=1S/C26H29NO6/c1-4-11-32-20-7-5-6-17(15-20)23-22(25(29)26(30)27(23)10-12-31-3)24(28)18-8-9-21-19(14-18)13-16(2)33-21/h5-9,14-16,23,28H,4,10-13H2,1-3H3/b24-22+. The van der Waals surface area contributed by atoms with Crippen LogP contribution in [0.3, 0.4) is 0 Å². The molecular weight excluding hydrogens is 422 g/mol. The average molecular weight is 452 g/mol. The molecule has 2 heterocycles. The van der Waals surface area contributed by atoms with Crippen LogP contribution in [0.4, 0.5) is 0 Å². The van der Waals surface area contributed by atoms with Crippen molar-refractivity contribution >= 4 is 17.4 Å². The van der Waals surface area contributed by atoms with Crippen LogP contribution in [0.1, 0.15) is 43.0 Å². The number of ketones is 1. The molecule has 2 atom stereocenters. The van der Waals surface area contributed by atoms with Crippen molar-refractivity contribution in [1.29, 1.82) is 0 Å². The van der Waals surface area contributed by atoms with Crippen molar-refractivity contribution in [3.8, 4) is 11.5 Å². The Labute approximate surface area is 193 Å². The number of hydrogen-bond donors (Lipinski definition) is 1.